The van der Waals surface area contributed by atoms with Crippen LogP contribution in [0.1, 0.15) is 125 Å². The van der Waals surface area contributed by atoms with Crippen molar-refractivity contribution in [3.63, 3.8) is 0 Å². The minimum Gasteiger partial charge on any atom is -0.469 e. The summed E-state index contributed by atoms with van der Waals surface area (Å²) in [6, 6.07) is 0. The van der Waals surface area contributed by atoms with Crippen molar-refractivity contribution in [1.82, 2.24) is 0 Å². The highest BCUT2D eigenvalue weighted by Gasteiger charge is 2.59. The highest BCUT2D eigenvalue weighted by Crippen LogP contribution is 2.67. The van der Waals surface area contributed by atoms with Gasteiger partial charge in [0, 0.05) is 6.42 Å². The summed E-state index contributed by atoms with van der Waals surface area (Å²) in [5.74, 6) is 4.81. The molecular weight excluding hydrogens is 368 g/mol. The largest absolute Gasteiger partial charge is 0.469 e. The third-order valence-corrected chi connectivity index (χ3v) is 9.94. The Morgan fingerprint density at radius 2 is 1.53 bits per heavy atom. The van der Waals surface area contributed by atoms with Gasteiger partial charge in [0.25, 0.3) is 0 Å². The average molecular weight is 421 g/mol. The number of carbonyl (C=O) groups excluding carboxylic acids is 1. The molecule has 2 heteroatoms. The van der Waals surface area contributed by atoms with Gasteiger partial charge in [0.05, 0.1) is 7.11 Å². The standard InChI is InChI=1S/C24H40O2.2C2H6/c1-23-15-5-4-7-17(23)10-12-19-20-13-11-18(8-6-9-22(25)26-3)24(20,2)16-14-21(19)23;2*1-2/h17-21H,4-16H2,1-3H3;2*1-2H3. The summed E-state index contributed by atoms with van der Waals surface area (Å²) in [5.41, 5.74) is 1.21. The Morgan fingerprint density at radius 3 is 2.23 bits per heavy atom. The first kappa shape index (κ1) is 25.7. The maximum absolute atomic E-state index is 11.5. The number of carbonyl (C=O) groups is 1. The number of rotatable bonds is 4. The molecule has 4 rings (SSSR count). The Bertz CT molecular complexity index is 529. The first-order valence-corrected chi connectivity index (χ1v) is 13.6. The van der Waals surface area contributed by atoms with E-state index in [1.807, 2.05) is 27.7 Å². The highest BCUT2D eigenvalue weighted by molar-refractivity contribution is 5.68. The van der Waals surface area contributed by atoms with Gasteiger partial charge in [-0.15, -0.1) is 0 Å². The van der Waals surface area contributed by atoms with Gasteiger partial charge in [0.2, 0.25) is 0 Å². The van der Waals surface area contributed by atoms with Crippen LogP contribution in [0.25, 0.3) is 0 Å². The first-order chi connectivity index (χ1) is 14.5. The highest BCUT2D eigenvalue weighted by atomic mass is 16.5. The van der Waals surface area contributed by atoms with E-state index in [-0.39, 0.29) is 5.97 Å². The Kier molecular flexibility index (Phi) is 9.75. The van der Waals surface area contributed by atoms with Gasteiger partial charge in [0.1, 0.15) is 0 Å². The average Bonchev–Trinajstić information content (AvgIpc) is 3.12. The molecule has 0 heterocycles. The molecule has 0 spiro atoms. The molecule has 0 N–H and O–H groups in total. The molecular formula is C28H52O2. The topological polar surface area (TPSA) is 26.3 Å². The SMILES string of the molecule is CC.CC.COC(=O)CCCC1CCC2C3CCC4CCCCC4(C)C3CCC12C. The van der Waals surface area contributed by atoms with Crippen LogP contribution in [0, 0.1) is 40.4 Å². The predicted molar refractivity (Wildman–Crippen MR) is 128 cm³/mol. The number of esters is 1. The zero-order valence-corrected chi connectivity index (χ0v) is 21.4. The molecule has 4 aliphatic rings. The molecule has 0 radical (unpaired) electrons. The normalized spacial score (nSPS) is 41.6. The molecule has 0 aromatic heterocycles. The second kappa shape index (κ2) is 11.4. The Labute approximate surface area is 188 Å². The summed E-state index contributed by atoms with van der Waals surface area (Å²) in [4.78, 5) is 11.5. The second-order valence-electron chi connectivity index (χ2n) is 10.7. The lowest BCUT2D eigenvalue weighted by atomic mass is 9.45. The van der Waals surface area contributed by atoms with Crippen LogP contribution < -0.4 is 0 Å². The van der Waals surface area contributed by atoms with Crippen LogP contribution in [0.15, 0.2) is 0 Å². The van der Waals surface area contributed by atoms with E-state index in [4.69, 9.17) is 4.74 Å². The van der Waals surface area contributed by atoms with Crippen LogP contribution in [0.3, 0.4) is 0 Å². The number of ether oxygens (including phenoxy) is 1. The van der Waals surface area contributed by atoms with Crippen molar-refractivity contribution in [1.29, 1.82) is 0 Å². The van der Waals surface area contributed by atoms with E-state index in [9.17, 15) is 4.79 Å². The van der Waals surface area contributed by atoms with Gasteiger partial charge >= 0.3 is 5.97 Å². The van der Waals surface area contributed by atoms with Gasteiger partial charge in [-0.1, -0.05) is 54.4 Å². The summed E-state index contributed by atoms with van der Waals surface area (Å²) in [6.07, 6.45) is 17.7. The Balaban J connectivity index is 0.000000757. The fraction of sp³-hybridized carbons (Fsp3) is 0.964. The van der Waals surface area contributed by atoms with Crippen molar-refractivity contribution >= 4 is 5.97 Å². The first-order valence-electron chi connectivity index (χ1n) is 13.6. The number of fused-ring (bicyclic) bond motifs is 5. The van der Waals surface area contributed by atoms with E-state index >= 15 is 0 Å². The third kappa shape index (κ3) is 4.78. The van der Waals surface area contributed by atoms with Crippen LogP contribution in [-0.2, 0) is 9.53 Å². The molecule has 0 aromatic rings. The van der Waals surface area contributed by atoms with Crippen LogP contribution >= 0.6 is 0 Å². The zero-order chi connectivity index (χ0) is 22.4. The van der Waals surface area contributed by atoms with Crippen LogP contribution in [0.4, 0.5) is 0 Å². The van der Waals surface area contributed by atoms with E-state index in [1.54, 1.807) is 0 Å². The van der Waals surface area contributed by atoms with Gasteiger partial charge in [-0.3, -0.25) is 4.79 Å². The van der Waals surface area contributed by atoms with Gasteiger partial charge in [-0.25, -0.2) is 0 Å². The van der Waals surface area contributed by atoms with Crippen LogP contribution in [0.2, 0.25) is 0 Å². The summed E-state index contributed by atoms with van der Waals surface area (Å²) in [7, 11) is 1.51. The van der Waals surface area contributed by atoms with Crippen LogP contribution in [0.5, 0.6) is 0 Å². The van der Waals surface area contributed by atoms with Crippen molar-refractivity contribution in [2.24, 2.45) is 40.4 Å². The third-order valence-electron chi connectivity index (χ3n) is 9.94. The molecule has 0 bridgehead atoms. The molecule has 30 heavy (non-hydrogen) atoms. The number of methoxy groups -OCH3 is 1. The van der Waals surface area contributed by atoms with Crippen molar-refractivity contribution in [2.75, 3.05) is 7.11 Å². The van der Waals surface area contributed by atoms with E-state index in [0.717, 1.165) is 36.0 Å². The summed E-state index contributed by atoms with van der Waals surface area (Å²) in [6.45, 7) is 13.3. The summed E-state index contributed by atoms with van der Waals surface area (Å²) in [5, 5.41) is 0. The lowest BCUT2D eigenvalue weighted by molar-refractivity contribution is -0.140. The molecule has 4 aliphatic carbocycles. The van der Waals surface area contributed by atoms with Crippen molar-refractivity contribution in [3.8, 4) is 0 Å². The van der Waals surface area contributed by atoms with Crippen molar-refractivity contribution < 1.29 is 9.53 Å². The fourth-order valence-corrected chi connectivity index (χ4v) is 8.47. The molecule has 0 aliphatic heterocycles. The predicted octanol–water partition coefficient (Wildman–Crippen LogP) is 8.43. The summed E-state index contributed by atoms with van der Waals surface area (Å²) < 4.78 is 4.84. The smallest absolute Gasteiger partial charge is 0.305 e. The summed E-state index contributed by atoms with van der Waals surface area (Å²) >= 11 is 0. The van der Waals surface area contributed by atoms with Crippen LogP contribution in [-0.4, -0.2) is 13.1 Å². The Hall–Kier alpha value is -0.530. The molecule has 7 atom stereocenters. The van der Waals surface area contributed by atoms with Gasteiger partial charge in [-0.05, 0) is 105 Å². The van der Waals surface area contributed by atoms with E-state index < -0.39 is 0 Å². The quantitative estimate of drug-likeness (QED) is 0.426. The van der Waals surface area contributed by atoms with Crippen molar-refractivity contribution in [2.45, 2.75) is 125 Å². The fourth-order valence-electron chi connectivity index (χ4n) is 8.47. The van der Waals surface area contributed by atoms with Gasteiger partial charge in [-0.2, -0.15) is 0 Å². The zero-order valence-electron chi connectivity index (χ0n) is 21.4. The lowest BCUT2D eigenvalue weighted by Gasteiger charge is -2.60. The maximum Gasteiger partial charge on any atom is 0.305 e. The molecule has 0 amide bonds. The van der Waals surface area contributed by atoms with E-state index in [0.29, 0.717) is 17.3 Å². The molecule has 7 unspecified atom stereocenters. The lowest BCUT2D eigenvalue weighted by Crippen LogP contribution is -2.52. The van der Waals surface area contributed by atoms with Gasteiger partial charge in [0.15, 0.2) is 0 Å². The Morgan fingerprint density at radius 1 is 0.833 bits per heavy atom. The molecule has 2 nitrogen and oxygen atoms in total. The van der Waals surface area contributed by atoms with Crippen molar-refractivity contribution in [3.05, 3.63) is 0 Å². The van der Waals surface area contributed by atoms with E-state index in [2.05, 4.69) is 13.8 Å². The maximum atomic E-state index is 11.5. The molecule has 176 valence electrons. The molecule has 4 saturated carbocycles. The van der Waals surface area contributed by atoms with E-state index in [1.165, 1.54) is 77.7 Å². The number of hydrogen-bond donors (Lipinski definition) is 0. The number of hydrogen-bond acceptors (Lipinski definition) is 2. The second-order valence-corrected chi connectivity index (χ2v) is 10.7. The molecule has 4 fully saturated rings. The monoisotopic (exact) mass is 420 g/mol. The molecule has 0 aromatic carbocycles. The molecule has 0 saturated heterocycles. The van der Waals surface area contributed by atoms with Gasteiger partial charge < -0.3 is 4.74 Å². The minimum absolute atomic E-state index is 0.0306. The minimum atomic E-state index is -0.0306.